The van der Waals surface area contributed by atoms with Crippen LogP contribution in [0.5, 0.6) is 0 Å². The molecule has 2 aliphatic rings. The fourth-order valence-corrected chi connectivity index (χ4v) is 1.89. The highest BCUT2D eigenvalue weighted by atomic mass is 16.5. The second-order valence-electron chi connectivity index (χ2n) is 4.06. The normalized spacial score (nSPS) is 32.1. The molecule has 1 nitrogen and oxygen atoms in total. The van der Waals surface area contributed by atoms with Crippen molar-refractivity contribution in [3.63, 3.8) is 0 Å². The van der Waals surface area contributed by atoms with E-state index in [0.29, 0.717) is 12.5 Å². The number of ether oxygens (including phenoxy) is 1. The Bertz CT molecular complexity index is 342. The van der Waals surface area contributed by atoms with E-state index in [1.54, 1.807) is 0 Å². The van der Waals surface area contributed by atoms with Crippen molar-refractivity contribution >= 4 is 0 Å². The average molecular weight is 188 g/mol. The lowest BCUT2D eigenvalue weighted by molar-refractivity contribution is 0.254. The second kappa shape index (κ2) is 3.87. The molecule has 0 aromatic carbocycles. The first kappa shape index (κ1) is 9.32. The second-order valence-corrected chi connectivity index (χ2v) is 4.06. The number of rotatable bonds is 0. The van der Waals surface area contributed by atoms with Crippen LogP contribution in [0.25, 0.3) is 0 Å². The molecule has 1 atom stereocenters. The minimum Gasteiger partial charge on any atom is -0.489 e. The molecule has 2 rings (SSSR count). The van der Waals surface area contributed by atoms with Gasteiger partial charge in [0, 0.05) is 5.57 Å². The van der Waals surface area contributed by atoms with Crippen molar-refractivity contribution in [1.82, 2.24) is 0 Å². The van der Waals surface area contributed by atoms with Crippen molar-refractivity contribution in [2.75, 3.05) is 6.61 Å². The molecule has 0 radical (unpaired) electrons. The van der Waals surface area contributed by atoms with Crippen LogP contribution in [0.3, 0.4) is 0 Å². The van der Waals surface area contributed by atoms with Crippen LogP contribution in [0.15, 0.2) is 47.3 Å². The average Bonchev–Trinajstić information content (AvgIpc) is 2.14. The largest absolute Gasteiger partial charge is 0.489 e. The van der Waals surface area contributed by atoms with Crippen LogP contribution in [0.4, 0.5) is 0 Å². The van der Waals surface area contributed by atoms with Gasteiger partial charge in [-0.1, -0.05) is 30.7 Å². The van der Waals surface area contributed by atoms with E-state index in [9.17, 15) is 0 Å². The summed E-state index contributed by atoms with van der Waals surface area (Å²) in [6.07, 6.45) is 11.9. The highest BCUT2D eigenvalue weighted by Gasteiger charge is 2.09. The maximum Gasteiger partial charge on any atom is 0.126 e. The third-order valence-corrected chi connectivity index (χ3v) is 2.54. The molecule has 0 fully saturated rings. The lowest BCUT2D eigenvalue weighted by Gasteiger charge is -2.17. The molecule has 0 aromatic rings. The van der Waals surface area contributed by atoms with Crippen LogP contribution in [-0.4, -0.2) is 6.61 Å². The Kier molecular flexibility index (Phi) is 2.58. The predicted molar refractivity (Wildman–Crippen MR) is 58.8 cm³/mol. The van der Waals surface area contributed by atoms with E-state index in [0.717, 1.165) is 12.2 Å². The molecular weight excluding hydrogens is 172 g/mol. The Hall–Kier alpha value is -1.24. The standard InChI is InChI=1S/C13H16O/c1-10-5-6-13-12(4-3-7-14-13)9-11(2)8-10/h3-6,9-10H,7-8H2,1-2H3/b6-5-,11-9+. The van der Waals surface area contributed by atoms with Gasteiger partial charge in [0.05, 0.1) is 0 Å². The molecular formula is C13H16O. The topological polar surface area (TPSA) is 9.23 Å². The van der Waals surface area contributed by atoms with E-state index in [-0.39, 0.29) is 0 Å². The summed E-state index contributed by atoms with van der Waals surface area (Å²) >= 11 is 0. The Balaban J connectivity index is 2.39. The van der Waals surface area contributed by atoms with Crippen LogP contribution in [0, 0.1) is 5.92 Å². The zero-order valence-electron chi connectivity index (χ0n) is 8.79. The lowest BCUT2D eigenvalue weighted by atomic mass is 9.96. The molecule has 0 amide bonds. The third kappa shape index (κ3) is 1.98. The number of hydrogen-bond acceptors (Lipinski definition) is 1. The first-order valence-corrected chi connectivity index (χ1v) is 5.14. The molecule has 1 unspecified atom stereocenters. The van der Waals surface area contributed by atoms with Crippen molar-refractivity contribution in [2.24, 2.45) is 5.92 Å². The van der Waals surface area contributed by atoms with Crippen molar-refractivity contribution in [3.05, 3.63) is 47.3 Å². The van der Waals surface area contributed by atoms with Crippen LogP contribution in [-0.2, 0) is 4.74 Å². The Labute approximate surface area is 85.5 Å². The summed E-state index contributed by atoms with van der Waals surface area (Å²) in [6, 6.07) is 0. The first-order valence-electron chi connectivity index (χ1n) is 5.14. The van der Waals surface area contributed by atoms with E-state index in [1.807, 2.05) is 0 Å². The molecule has 0 spiro atoms. The van der Waals surface area contributed by atoms with Crippen molar-refractivity contribution in [1.29, 1.82) is 0 Å². The van der Waals surface area contributed by atoms with E-state index in [1.165, 1.54) is 11.1 Å². The van der Waals surface area contributed by atoms with Gasteiger partial charge in [0.1, 0.15) is 12.4 Å². The zero-order chi connectivity index (χ0) is 9.97. The molecule has 0 N–H and O–H groups in total. The molecule has 74 valence electrons. The van der Waals surface area contributed by atoms with Crippen LogP contribution < -0.4 is 0 Å². The smallest absolute Gasteiger partial charge is 0.126 e. The van der Waals surface area contributed by atoms with Gasteiger partial charge in [-0.05, 0) is 31.4 Å². The molecule has 1 heteroatoms. The Morgan fingerprint density at radius 1 is 1.36 bits per heavy atom. The molecule has 0 saturated carbocycles. The fourth-order valence-electron chi connectivity index (χ4n) is 1.89. The maximum absolute atomic E-state index is 5.58. The third-order valence-electron chi connectivity index (χ3n) is 2.54. The quantitative estimate of drug-likeness (QED) is 0.566. The molecule has 14 heavy (non-hydrogen) atoms. The zero-order valence-corrected chi connectivity index (χ0v) is 8.79. The monoisotopic (exact) mass is 188 g/mol. The minimum absolute atomic E-state index is 0.606. The summed E-state index contributed by atoms with van der Waals surface area (Å²) in [5, 5.41) is 0. The highest BCUT2D eigenvalue weighted by molar-refractivity contribution is 5.42. The molecule has 0 bridgehead atoms. The summed E-state index contributed by atoms with van der Waals surface area (Å²) in [5.41, 5.74) is 2.63. The van der Waals surface area contributed by atoms with Gasteiger partial charge in [-0.3, -0.25) is 0 Å². The van der Waals surface area contributed by atoms with Crippen LogP contribution in [0.1, 0.15) is 20.3 Å². The predicted octanol–water partition coefficient (Wildman–Crippen LogP) is 3.37. The minimum atomic E-state index is 0.606. The van der Waals surface area contributed by atoms with Crippen molar-refractivity contribution < 1.29 is 4.74 Å². The van der Waals surface area contributed by atoms with Gasteiger partial charge in [0.2, 0.25) is 0 Å². The summed E-state index contributed by atoms with van der Waals surface area (Å²) in [6.45, 7) is 5.12. The highest BCUT2D eigenvalue weighted by Crippen LogP contribution is 2.24. The van der Waals surface area contributed by atoms with Gasteiger partial charge in [0.15, 0.2) is 0 Å². The fraction of sp³-hybridized carbons (Fsp3) is 0.385. The molecule has 1 aliphatic carbocycles. The molecule has 1 aliphatic heterocycles. The maximum atomic E-state index is 5.58. The van der Waals surface area contributed by atoms with Gasteiger partial charge in [-0.25, -0.2) is 0 Å². The summed E-state index contributed by atoms with van der Waals surface area (Å²) in [5.74, 6) is 1.62. The molecule has 1 heterocycles. The molecule has 0 aromatic heterocycles. The Morgan fingerprint density at radius 3 is 3.07 bits per heavy atom. The van der Waals surface area contributed by atoms with E-state index in [4.69, 9.17) is 4.74 Å². The van der Waals surface area contributed by atoms with Crippen LogP contribution in [0.2, 0.25) is 0 Å². The van der Waals surface area contributed by atoms with Gasteiger partial charge in [-0.15, -0.1) is 0 Å². The first-order chi connectivity index (χ1) is 6.75. The van der Waals surface area contributed by atoms with E-state index in [2.05, 4.69) is 44.2 Å². The van der Waals surface area contributed by atoms with Gasteiger partial charge in [0.25, 0.3) is 0 Å². The summed E-state index contributed by atoms with van der Waals surface area (Å²) < 4.78 is 5.58. The molecule has 0 saturated heterocycles. The Morgan fingerprint density at radius 2 is 2.21 bits per heavy atom. The summed E-state index contributed by atoms with van der Waals surface area (Å²) in [7, 11) is 0. The van der Waals surface area contributed by atoms with Crippen molar-refractivity contribution in [3.8, 4) is 0 Å². The lowest BCUT2D eigenvalue weighted by Crippen LogP contribution is -2.02. The number of allylic oxidation sites excluding steroid dienone is 6. The van der Waals surface area contributed by atoms with Gasteiger partial charge in [-0.2, -0.15) is 0 Å². The van der Waals surface area contributed by atoms with Crippen LogP contribution >= 0.6 is 0 Å². The van der Waals surface area contributed by atoms with E-state index >= 15 is 0 Å². The van der Waals surface area contributed by atoms with E-state index < -0.39 is 0 Å². The van der Waals surface area contributed by atoms with Crippen molar-refractivity contribution in [2.45, 2.75) is 20.3 Å². The van der Waals surface area contributed by atoms with Gasteiger partial charge < -0.3 is 4.74 Å². The van der Waals surface area contributed by atoms with Gasteiger partial charge >= 0.3 is 0 Å². The SMILES string of the molecule is C/C1=C\C2=C(/C=C\C(C)C1)OCC=C2. The number of hydrogen-bond donors (Lipinski definition) is 0. The summed E-state index contributed by atoms with van der Waals surface area (Å²) in [4.78, 5) is 0.